The summed E-state index contributed by atoms with van der Waals surface area (Å²) in [4.78, 5) is 26.7. The van der Waals surface area contributed by atoms with Gasteiger partial charge in [-0.1, -0.05) is 60.4 Å². The molecule has 1 rings (SSSR count). The summed E-state index contributed by atoms with van der Waals surface area (Å²) >= 11 is 0. The summed E-state index contributed by atoms with van der Waals surface area (Å²) in [6.07, 6.45) is 15.0. The van der Waals surface area contributed by atoms with Gasteiger partial charge in [0.1, 0.15) is 5.78 Å². The summed E-state index contributed by atoms with van der Waals surface area (Å²) in [5.41, 5.74) is 3.86. The second kappa shape index (κ2) is 11.6. The number of Topliss-reactive ketones (excluding diaryl/α,β-unsaturated/α-hetero) is 2. The number of carbonyl (C=O) groups excluding carboxylic acids is 2. The zero-order valence-electron chi connectivity index (χ0n) is 20.8. The van der Waals surface area contributed by atoms with Gasteiger partial charge in [-0.15, -0.1) is 0 Å². The first-order valence-electron chi connectivity index (χ1n) is 11.6. The van der Waals surface area contributed by atoms with Crippen molar-refractivity contribution >= 4 is 11.6 Å². The Morgan fingerprint density at radius 1 is 0.767 bits per heavy atom. The minimum absolute atomic E-state index is 0.132. The smallest absolute Gasteiger partial charge is 0.152 e. The molecule has 0 spiro atoms. The molecule has 1 saturated carbocycles. The number of hydrogen-bond donors (Lipinski definition) is 0. The molecule has 1 fully saturated rings. The molecule has 0 aromatic carbocycles. The van der Waals surface area contributed by atoms with Crippen molar-refractivity contribution < 1.29 is 9.59 Å². The number of rotatable bonds is 10. The molecule has 0 amide bonds. The molecule has 0 bridgehead atoms. The normalized spacial score (nSPS) is 22.1. The van der Waals surface area contributed by atoms with E-state index in [0.29, 0.717) is 25.7 Å². The van der Waals surface area contributed by atoms with Crippen molar-refractivity contribution in [3.8, 4) is 0 Å². The molecule has 168 valence electrons. The van der Waals surface area contributed by atoms with E-state index in [-0.39, 0.29) is 11.6 Å². The summed E-state index contributed by atoms with van der Waals surface area (Å²) in [7, 11) is 0. The maximum Gasteiger partial charge on any atom is 0.152 e. The number of allylic oxidation sites excluding steroid dienone is 8. The molecule has 0 aliphatic heterocycles. The molecule has 0 heterocycles. The molecule has 0 saturated heterocycles. The third kappa shape index (κ3) is 7.85. The van der Waals surface area contributed by atoms with Gasteiger partial charge < -0.3 is 0 Å². The number of carbonyl (C=O) groups is 2. The van der Waals surface area contributed by atoms with Crippen LogP contribution in [0.3, 0.4) is 0 Å². The van der Waals surface area contributed by atoms with Crippen LogP contribution in [0, 0.1) is 10.8 Å². The van der Waals surface area contributed by atoms with E-state index in [2.05, 4.69) is 65.8 Å². The Balaban J connectivity index is 3.08. The average Bonchev–Trinajstić information content (AvgIpc) is 2.64. The lowest BCUT2D eigenvalue weighted by Gasteiger charge is -2.41. The summed E-state index contributed by atoms with van der Waals surface area (Å²) in [5, 5.41) is 0. The molecule has 0 unspecified atom stereocenters. The fourth-order valence-corrected chi connectivity index (χ4v) is 4.13. The minimum Gasteiger partial charge on any atom is -0.299 e. The molecular weight excluding hydrogens is 368 g/mol. The zero-order valence-corrected chi connectivity index (χ0v) is 20.8. The maximum atomic E-state index is 13.5. The van der Waals surface area contributed by atoms with E-state index in [1.165, 1.54) is 22.3 Å². The van der Waals surface area contributed by atoms with E-state index >= 15 is 0 Å². The first-order valence-corrected chi connectivity index (χ1v) is 11.6. The van der Waals surface area contributed by atoms with Crippen LogP contribution in [0.1, 0.15) is 107 Å². The fourth-order valence-electron chi connectivity index (χ4n) is 4.13. The van der Waals surface area contributed by atoms with Gasteiger partial charge in [-0.2, -0.15) is 0 Å². The second-order valence-electron chi connectivity index (χ2n) is 10.4. The Labute approximate surface area is 185 Å². The van der Waals surface area contributed by atoms with Crippen LogP contribution in [0.15, 0.2) is 46.6 Å². The largest absolute Gasteiger partial charge is 0.299 e. The van der Waals surface area contributed by atoms with Gasteiger partial charge in [0.2, 0.25) is 0 Å². The molecule has 0 aromatic rings. The predicted molar refractivity (Wildman–Crippen MR) is 130 cm³/mol. The lowest BCUT2D eigenvalue weighted by atomic mass is 9.59. The Bertz CT molecular complexity index is 693. The van der Waals surface area contributed by atoms with E-state index in [9.17, 15) is 9.59 Å². The van der Waals surface area contributed by atoms with Gasteiger partial charge in [0.05, 0.1) is 5.41 Å². The van der Waals surface area contributed by atoms with Gasteiger partial charge >= 0.3 is 0 Å². The quantitative estimate of drug-likeness (QED) is 0.268. The number of ketones is 2. The first kappa shape index (κ1) is 26.3. The predicted octanol–water partition coefficient (Wildman–Crippen LogP) is 8.10. The highest BCUT2D eigenvalue weighted by atomic mass is 16.2. The topological polar surface area (TPSA) is 34.1 Å². The molecule has 0 radical (unpaired) electrons. The standard InChI is InChI=1S/C28H44O2/c1-21(2)11-9-13-23(5)15-19-28(20-16-24(6)14-10-12-22(3)4)25(29)17-18-27(7,8)26(28)30/h11-12,15-16H,9-10,13-14,17-20H2,1-8H3/b23-15+,24-16+. The van der Waals surface area contributed by atoms with Crippen molar-refractivity contribution in [2.24, 2.45) is 10.8 Å². The Hall–Kier alpha value is -1.70. The van der Waals surface area contributed by atoms with Crippen molar-refractivity contribution in [1.29, 1.82) is 0 Å². The molecule has 1 aliphatic rings. The van der Waals surface area contributed by atoms with Crippen molar-refractivity contribution in [2.75, 3.05) is 0 Å². The highest BCUT2D eigenvalue weighted by molar-refractivity contribution is 6.11. The van der Waals surface area contributed by atoms with Crippen molar-refractivity contribution in [1.82, 2.24) is 0 Å². The van der Waals surface area contributed by atoms with Crippen LogP contribution < -0.4 is 0 Å². The van der Waals surface area contributed by atoms with Crippen LogP contribution in [0.25, 0.3) is 0 Å². The van der Waals surface area contributed by atoms with Gasteiger partial charge in [-0.05, 0) is 86.5 Å². The third-order valence-corrected chi connectivity index (χ3v) is 6.34. The summed E-state index contributed by atoms with van der Waals surface area (Å²) in [6.45, 7) is 16.7. The fraction of sp³-hybridized carbons (Fsp3) is 0.643. The highest BCUT2D eigenvalue weighted by Crippen LogP contribution is 2.46. The van der Waals surface area contributed by atoms with E-state index in [1.807, 2.05) is 13.8 Å². The Morgan fingerprint density at radius 2 is 1.20 bits per heavy atom. The second-order valence-corrected chi connectivity index (χ2v) is 10.4. The first-order chi connectivity index (χ1) is 13.9. The van der Waals surface area contributed by atoms with Gasteiger partial charge in [-0.25, -0.2) is 0 Å². The Morgan fingerprint density at radius 3 is 1.60 bits per heavy atom. The van der Waals surface area contributed by atoms with Crippen LogP contribution in [0.4, 0.5) is 0 Å². The van der Waals surface area contributed by atoms with Gasteiger partial charge in [0.25, 0.3) is 0 Å². The van der Waals surface area contributed by atoms with E-state index in [4.69, 9.17) is 0 Å². The average molecular weight is 413 g/mol. The lowest BCUT2D eigenvalue weighted by molar-refractivity contribution is -0.151. The molecule has 0 atom stereocenters. The van der Waals surface area contributed by atoms with Crippen LogP contribution in [-0.2, 0) is 9.59 Å². The van der Waals surface area contributed by atoms with E-state index in [1.54, 1.807) is 0 Å². The molecule has 0 aromatic heterocycles. The van der Waals surface area contributed by atoms with Crippen molar-refractivity contribution in [3.05, 3.63) is 46.6 Å². The summed E-state index contributed by atoms with van der Waals surface area (Å²) < 4.78 is 0. The number of hydrogen-bond acceptors (Lipinski definition) is 2. The van der Waals surface area contributed by atoms with Gasteiger partial charge in [-0.3, -0.25) is 9.59 Å². The monoisotopic (exact) mass is 412 g/mol. The van der Waals surface area contributed by atoms with Crippen molar-refractivity contribution in [2.45, 2.75) is 107 Å². The van der Waals surface area contributed by atoms with Crippen molar-refractivity contribution in [3.63, 3.8) is 0 Å². The minimum atomic E-state index is -0.892. The molecule has 2 nitrogen and oxygen atoms in total. The molecule has 30 heavy (non-hydrogen) atoms. The maximum absolute atomic E-state index is 13.5. The third-order valence-electron chi connectivity index (χ3n) is 6.34. The van der Waals surface area contributed by atoms with Crippen LogP contribution in [-0.4, -0.2) is 11.6 Å². The summed E-state index contributed by atoms with van der Waals surface area (Å²) in [6, 6.07) is 0. The molecule has 0 N–H and O–H groups in total. The van der Waals surface area contributed by atoms with Gasteiger partial charge in [0, 0.05) is 11.8 Å². The van der Waals surface area contributed by atoms with Crippen LogP contribution in [0.2, 0.25) is 0 Å². The van der Waals surface area contributed by atoms with E-state index in [0.717, 1.165) is 25.7 Å². The Kier molecular flexibility index (Phi) is 10.2. The van der Waals surface area contributed by atoms with Gasteiger partial charge in [0.15, 0.2) is 5.78 Å². The van der Waals surface area contributed by atoms with E-state index < -0.39 is 10.8 Å². The zero-order chi connectivity index (χ0) is 22.9. The molecule has 2 heteroatoms. The van der Waals surface area contributed by atoms with Crippen LogP contribution >= 0.6 is 0 Å². The molecule has 1 aliphatic carbocycles. The summed E-state index contributed by atoms with van der Waals surface area (Å²) in [5.74, 6) is 0.265. The lowest BCUT2D eigenvalue weighted by Crippen LogP contribution is -2.50. The SMILES string of the molecule is CC(C)=CCC/C(C)=C/CC1(C/C=C(\C)CCC=C(C)C)C(=O)CCC(C)(C)C1=O. The molecular formula is C28H44O2. The highest BCUT2D eigenvalue weighted by Gasteiger charge is 2.52. The van der Waals surface area contributed by atoms with Crippen LogP contribution in [0.5, 0.6) is 0 Å².